The van der Waals surface area contributed by atoms with Gasteiger partial charge >= 0.3 is 0 Å². The van der Waals surface area contributed by atoms with Crippen molar-refractivity contribution in [1.29, 1.82) is 0 Å². The minimum Gasteiger partial charge on any atom is -0.491 e. The Balaban J connectivity index is 2.09. The molecule has 0 aliphatic carbocycles. The second kappa shape index (κ2) is 6.94. The fourth-order valence-corrected chi connectivity index (χ4v) is 2.39. The molecule has 4 heteroatoms. The smallest absolute Gasteiger partial charge is 0.146 e. The molecular formula is C17H19BrFNO. The minimum atomic E-state index is -0.259. The predicted molar refractivity (Wildman–Crippen MR) is 88.3 cm³/mol. The molecular weight excluding hydrogens is 333 g/mol. The van der Waals surface area contributed by atoms with Crippen LogP contribution in [0, 0.1) is 5.82 Å². The zero-order valence-corrected chi connectivity index (χ0v) is 13.9. The van der Waals surface area contributed by atoms with E-state index in [1.807, 2.05) is 45.0 Å². The summed E-state index contributed by atoms with van der Waals surface area (Å²) in [6, 6.07) is 12.7. The van der Waals surface area contributed by atoms with Crippen LogP contribution in [0.5, 0.6) is 5.75 Å². The lowest BCUT2D eigenvalue weighted by molar-refractivity contribution is 0.242. The fourth-order valence-electron chi connectivity index (χ4n) is 2.03. The average molecular weight is 352 g/mol. The molecule has 0 amide bonds. The molecule has 0 aromatic heterocycles. The monoisotopic (exact) mass is 351 g/mol. The largest absolute Gasteiger partial charge is 0.491 e. The molecule has 1 atom stereocenters. The molecule has 0 bridgehead atoms. The van der Waals surface area contributed by atoms with Crippen molar-refractivity contribution in [3.05, 3.63) is 58.3 Å². The van der Waals surface area contributed by atoms with Gasteiger partial charge in [-0.3, -0.25) is 0 Å². The van der Waals surface area contributed by atoms with E-state index in [-0.39, 0.29) is 18.0 Å². The molecule has 2 aromatic carbocycles. The van der Waals surface area contributed by atoms with Gasteiger partial charge in [-0.1, -0.05) is 28.1 Å². The van der Waals surface area contributed by atoms with Crippen molar-refractivity contribution in [2.75, 3.05) is 5.32 Å². The number of anilines is 1. The molecule has 112 valence electrons. The van der Waals surface area contributed by atoms with Crippen LogP contribution >= 0.6 is 15.9 Å². The number of hydrogen-bond donors (Lipinski definition) is 1. The Hall–Kier alpha value is -1.55. The van der Waals surface area contributed by atoms with Gasteiger partial charge in [0.15, 0.2) is 0 Å². The summed E-state index contributed by atoms with van der Waals surface area (Å²) in [5.41, 5.74) is 1.56. The van der Waals surface area contributed by atoms with Crippen LogP contribution in [-0.2, 0) is 0 Å². The molecule has 0 fully saturated rings. The summed E-state index contributed by atoms with van der Waals surface area (Å²) in [5.74, 6) is 0.583. The molecule has 0 radical (unpaired) electrons. The lowest BCUT2D eigenvalue weighted by Crippen LogP contribution is -2.09. The second-order valence-electron chi connectivity index (χ2n) is 5.23. The minimum absolute atomic E-state index is 0.00176. The first kappa shape index (κ1) is 15.8. The van der Waals surface area contributed by atoms with Gasteiger partial charge in [0, 0.05) is 10.5 Å². The van der Waals surface area contributed by atoms with Crippen molar-refractivity contribution in [2.24, 2.45) is 0 Å². The van der Waals surface area contributed by atoms with Crippen LogP contribution in [-0.4, -0.2) is 6.10 Å². The van der Waals surface area contributed by atoms with Crippen molar-refractivity contribution < 1.29 is 9.13 Å². The number of halogens is 2. The van der Waals surface area contributed by atoms with Crippen LogP contribution in [0.2, 0.25) is 0 Å². The Morgan fingerprint density at radius 2 is 1.71 bits per heavy atom. The average Bonchev–Trinajstić information content (AvgIpc) is 2.43. The molecule has 0 saturated heterocycles. The topological polar surface area (TPSA) is 21.3 Å². The van der Waals surface area contributed by atoms with Crippen molar-refractivity contribution in [1.82, 2.24) is 0 Å². The highest BCUT2D eigenvalue weighted by molar-refractivity contribution is 9.10. The lowest BCUT2D eigenvalue weighted by Gasteiger charge is -2.17. The van der Waals surface area contributed by atoms with E-state index in [2.05, 4.69) is 21.2 Å². The number of nitrogens with one attached hydrogen (secondary N) is 1. The van der Waals surface area contributed by atoms with Gasteiger partial charge in [-0.25, -0.2) is 4.39 Å². The molecule has 21 heavy (non-hydrogen) atoms. The first-order valence-electron chi connectivity index (χ1n) is 6.94. The zero-order valence-electron chi connectivity index (χ0n) is 12.4. The molecule has 0 aliphatic heterocycles. The van der Waals surface area contributed by atoms with Gasteiger partial charge < -0.3 is 10.1 Å². The van der Waals surface area contributed by atoms with Gasteiger partial charge in [0.05, 0.1) is 11.8 Å². The predicted octanol–water partition coefficient (Wildman–Crippen LogP) is 5.55. The maximum Gasteiger partial charge on any atom is 0.146 e. The quantitative estimate of drug-likeness (QED) is 0.762. The summed E-state index contributed by atoms with van der Waals surface area (Å²) in [7, 11) is 0. The summed E-state index contributed by atoms with van der Waals surface area (Å²) in [4.78, 5) is 0. The normalized spacial score (nSPS) is 12.3. The molecule has 2 nitrogen and oxygen atoms in total. The number of hydrogen-bond acceptors (Lipinski definition) is 2. The first-order chi connectivity index (χ1) is 9.95. The van der Waals surface area contributed by atoms with Crippen LogP contribution in [0.4, 0.5) is 10.1 Å². The highest BCUT2D eigenvalue weighted by Crippen LogP contribution is 2.26. The van der Waals surface area contributed by atoms with E-state index in [0.717, 1.165) is 15.8 Å². The van der Waals surface area contributed by atoms with Gasteiger partial charge in [-0.05, 0) is 56.7 Å². The standard InChI is InChI=1S/C17H19BrFNO/c1-11(2)21-15-7-4-13(5-8-15)12(3)20-17-10-14(18)6-9-16(17)19/h4-12,20H,1-3H3. The maximum atomic E-state index is 13.7. The molecule has 0 spiro atoms. The molecule has 2 rings (SSSR count). The van der Waals surface area contributed by atoms with Crippen LogP contribution in [0.15, 0.2) is 46.9 Å². The van der Waals surface area contributed by atoms with Gasteiger partial charge in [0.1, 0.15) is 11.6 Å². The van der Waals surface area contributed by atoms with Crippen molar-refractivity contribution in [3.8, 4) is 5.75 Å². The Kier molecular flexibility index (Phi) is 5.23. The van der Waals surface area contributed by atoms with E-state index in [0.29, 0.717) is 5.69 Å². The highest BCUT2D eigenvalue weighted by atomic mass is 79.9. The van der Waals surface area contributed by atoms with Gasteiger partial charge in [0.2, 0.25) is 0 Å². The third kappa shape index (κ3) is 4.46. The Bertz CT molecular complexity index is 598. The lowest BCUT2D eigenvalue weighted by atomic mass is 10.1. The number of ether oxygens (including phenoxy) is 1. The van der Waals surface area contributed by atoms with Crippen molar-refractivity contribution in [2.45, 2.75) is 32.9 Å². The van der Waals surface area contributed by atoms with E-state index in [1.165, 1.54) is 6.07 Å². The van der Waals surface area contributed by atoms with E-state index in [1.54, 1.807) is 12.1 Å². The van der Waals surface area contributed by atoms with Crippen LogP contribution in [0.3, 0.4) is 0 Å². The summed E-state index contributed by atoms with van der Waals surface area (Å²) in [6.45, 7) is 5.99. The molecule has 2 aromatic rings. The summed E-state index contributed by atoms with van der Waals surface area (Å²) >= 11 is 3.35. The second-order valence-corrected chi connectivity index (χ2v) is 6.14. The third-order valence-electron chi connectivity index (χ3n) is 3.05. The molecule has 1 N–H and O–H groups in total. The van der Waals surface area contributed by atoms with Gasteiger partial charge in [-0.15, -0.1) is 0 Å². The van der Waals surface area contributed by atoms with Gasteiger partial charge in [0.25, 0.3) is 0 Å². The molecule has 0 heterocycles. The SMILES string of the molecule is CC(C)Oc1ccc(C(C)Nc2cc(Br)ccc2F)cc1. The highest BCUT2D eigenvalue weighted by Gasteiger charge is 2.09. The summed E-state index contributed by atoms with van der Waals surface area (Å²) < 4.78 is 20.2. The van der Waals surface area contributed by atoms with Gasteiger partial charge in [-0.2, -0.15) is 0 Å². The Morgan fingerprint density at radius 1 is 1.05 bits per heavy atom. The van der Waals surface area contributed by atoms with Crippen molar-refractivity contribution >= 4 is 21.6 Å². The van der Waals surface area contributed by atoms with E-state index >= 15 is 0 Å². The molecule has 1 unspecified atom stereocenters. The number of benzene rings is 2. The van der Waals surface area contributed by atoms with Crippen molar-refractivity contribution in [3.63, 3.8) is 0 Å². The van der Waals surface area contributed by atoms with E-state index < -0.39 is 0 Å². The fraction of sp³-hybridized carbons (Fsp3) is 0.294. The number of rotatable bonds is 5. The molecule has 0 aliphatic rings. The van der Waals surface area contributed by atoms with Crippen LogP contribution < -0.4 is 10.1 Å². The molecule has 0 saturated carbocycles. The Morgan fingerprint density at radius 3 is 2.33 bits per heavy atom. The van der Waals surface area contributed by atoms with E-state index in [9.17, 15) is 4.39 Å². The summed E-state index contributed by atoms with van der Waals surface area (Å²) in [6.07, 6.45) is 0.155. The first-order valence-corrected chi connectivity index (χ1v) is 7.73. The van der Waals surface area contributed by atoms with E-state index in [4.69, 9.17) is 4.74 Å². The summed E-state index contributed by atoms with van der Waals surface area (Å²) in [5, 5.41) is 3.18. The maximum absolute atomic E-state index is 13.7. The van der Waals surface area contributed by atoms with Crippen LogP contribution in [0.25, 0.3) is 0 Å². The van der Waals surface area contributed by atoms with Crippen LogP contribution in [0.1, 0.15) is 32.4 Å². The zero-order chi connectivity index (χ0) is 15.4. The Labute approximate surface area is 133 Å². The third-order valence-corrected chi connectivity index (χ3v) is 3.55.